The number of piperidine rings is 1. The highest BCUT2D eigenvalue weighted by molar-refractivity contribution is 7.89. The van der Waals surface area contributed by atoms with Crippen molar-refractivity contribution in [3.63, 3.8) is 0 Å². The second kappa shape index (κ2) is 11.9. The molecule has 0 saturated carbocycles. The predicted molar refractivity (Wildman–Crippen MR) is 141 cm³/mol. The Morgan fingerprint density at radius 1 is 1.06 bits per heavy atom. The highest BCUT2D eigenvalue weighted by atomic mass is 32.2. The number of sulfonamides is 1. The summed E-state index contributed by atoms with van der Waals surface area (Å²) in [6, 6.07) is 8.19. The van der Waals surface area contributed by atoms with Gasteiger partial charge in [0.05, 0.1) is 16.3 Å². The van der Waals surface area contributed by atoms with E-state index < -0.39 is 20.8 Å². The third-order valence-electron chi connectivity index (χ3n) is 5.94. The van der Waals surface area contributed by atoms with Crippen molar-refractivity contribution in [2.24, 2.45) is 16.8 Å². The number of halogens is 1. The molecule has 2 aromatic carbocycles. The standard InChI is InChI=1S/C26H35FN4O4S/c1-19(2)17-30(18-20(3)4)36(34,35)26-15-22(8-11-25(26)29-12-6-5-7-13-29)28-16-21-14-23(31(32)33)9-10-24(21)27/h8-11,14-16,19-20H,5-7,12-13,17-18H2,1-4H3. The molecule has 36 heavy (non-hydrogen) atoms. The number of anilines is 1. The summed E-state index contributed by atoms with van der Waals surface area (Å²) in [5.41, 5.74) is 0.677. The van der Waals surface area contributed by atoms with Crippen molar-refractivity contribution in [1.82, 2.24) is 4.31 Å². The van der Waals surface area contributed by atoms with Crippen LogP contribution in [0.25, 0.3) is 0 Å². The molecule has 2 aromatic rings. The Morgan fingerprint density at radius 3 is 2.28 bits per heavy atom. The largest absolute Gasteiger partial charge is 0.370 e. The quantitative estimate of drug-likeness (QED) is 0.226. The summed E-state index contributed by atoms with van der Waals surface area (Å²) >= 11 is 0. The third kappa shape index (κ3) is 6.88. The van der Waals surface area contributed by atoms with Gasteiger partial charge in [0.1, 0.15) is 10.7 Å². The van der Waals surface area contributed by atoms with Crippen LogP contribution in [0, 0.1) is 27.8 Å². The Morgan fingerprint density at radius 2 is 1.69 bits per heavy atom. The summed E-state index contributed by atoms with van der Waals surface area (Å²) < 4.78 is 43.7. The minimum absolute atomic E-state index is 0.0463. The molecule has 8 nitrogen and oxygen atoms in total. The third-order valence-corrected chi connectivity index (χ3v) is 7.80. The SMILES string of the molecule is CC(C)CN(CC(C)C)S(=O)(=O)c1cc(N=Cc2cc([N+](=O)[O-])ccc2F)ccc1N1CCCCC1. The van der Waals surface area contributed by atoms with Crippen LogP contribution in [0.4, 0.5) is 21.5 Å². The number of rotatable bonds is 10. The number of benzene rings is 2. The monoisotopic (exact) mass is 518 g/mol. The van der Waals surface area contributed by atoms with Crippen LogP contribution in [-0.2, 0) is 10.0 Å². The number of non-ortho nitro benzene ring substituents is 1. The summed E-state index contributed by atoms with van der Waals surface area (Å²) in [6.07, 6.45) is 4.29. The van der Waals surface area contributed by atoms with E-state index in [4.69, 9.17) is 0 Å². The molecule has 0 aliphatic carbocycles. The van der Waals surface area contributed by atoms with Gasteiger partial charge in [-0.05, 0) is 55.4 Å². The van der Waals surface area contributed by atoms with Crippen molar-refractivity contribution >= 4 is 33.3 Å². The number of hydrogen-bond donors (Lipinski definition) is 0. The van der Waals surface area contributed by atoms with E-state index >= 15 is 0 Å². The Kier molecular flexibility index (Phi) is 9.19. The predicted octanol–water partition coefficient (Wildman–Crippen LogP) is 5.78. The average molecular weight is 519 g/mol. The van der Waals surface area contributed by atoms with Gasteiger partial charge in [-0.15, -0.1) is 0 Å². The Balaban J connectivity index is 2.07. The van der Waals surface area contributed by atoms with Gasteiger partial charge in [0, 0.05) is 50.1 Å². The van der Waals surface area contributed by atoms with Crippen LogP contribution in [0.15, 0.2) is 46.3 Å². The molecule has 1 saturated heterocycles. The smallest absolute Gasteiger partial charge is 0.270 e. The first-order chi connectivity index (χ1) is 17.0. The molecule has 10 heteroatoms. The van der Waals surface area contributed by atoms with E-state index in [0.29, 0.717) is 24.5 Å². The lowest BCUT2D eigenvalue weighted by molar-refractivity contribution is -0.384. The van der Waals surface area contributed by atoms with Crippen LogP contribution >= 0.6 is 0 Å². The molecule has 3 rings (SSSR count). The van der Waals surface area contributed by atoms with Crippen molar-refractivity contribution < 1.29 is 17.7 Å². The zero-order chi connectivity index (χ0) is 26.5. The maximum atomic E-state index is 14.2. The Hall–Kier alpha value is -2.85. The van der Waals surface area contributed by atoms with Crippen LogP contribution in [0.5, 0.6) is 0 Å². The summed E-state index contributed by atoms with van der Waals surface area (Å²) in [7, 11) is -3.85. The van der Waals surface area contributed by atoms with Gasteiger partial charge in [0.15, 0.2) is 0 Å². The van der Waals surface area contributed by atoms with Crippen LogP contribution in [0.1, 0.15) is 52.5 Å². The van der Waals surface area contributed by atoms with Gasteiger partial charge in [0.2, 0.25) is 10.0 Å². The van der Waals surface area contributed by atoms with Gasteiger partial charge in [-0.1, -0.05) is 27.7 Å². The van der Waals surface area contributed by atoms with E-state index in [9.17, 15) is 22.9 Å². The molecule has 0 bridgehead atoms. The number of aliphatic imine (C=N–C) groups is 1. The zero-order valence-electron chi connectivity index (χ0n) is 21.4. The molecular weight excluding hydrogens is 483 g/mol. The van der Waals surface area contributed by atoms with Crippen molar-refractivity contribution in [2.75, 3.05) is 31.1 Å². The number of nitrogens with zero attached hydrogens (tertiary/aromatic N) is 4. The second-order valence-corrected chi connectivity index (χ2v) is 11.9. The lowest BCUT2D eigenvalue weighted by atomic mass is 10.1. The molecule has 0 unspecified atom stereocenters. The van der Waals surface area contributed by atoms with Crippen LogP contribution in [0.2, 0.25) is 0 Å². The van der Waals surface area contributed by atoms with Gasteiger partial charge in [-0.2, -0.15) is 4.31 Å². The Labute approximate surface area is 213 Å². The van der Waals surface area contributed by atoms with Crippen LogP contribution < -0.4 is 4.90 Å². The van der Waals surface area contributed by atoms with E-state index in [1.54, 1.807) is 16.4 Å². The van der Waals surface area contributed by atoms with Gasteiger partial charge < -0.3 is 4.90 Å². The first kappa shape index (κ1) is 27.7. The van der Waals surface area contributed by atoms with Gasteiger partial charge in [-0.25, -0.2) is 12.8 Å². The van der Waals surface area contributed by atoms with Crippen molar-refractivity contribution in [3.8, 4) is 0 Å². The first-order valence-corrected chi connectivity index (χ1v) is 13.8. The van der Waals surface area contributed by atoms with Gasteiger partial charge in [-0.3, -0.25) is 15.1 Å². The van der Waals surface area contributed by atoms with Crippen LogP contribution in [0.3, 0.4) is 0 Å². The molecule has 0 N–H and O–H groups in total. The van der Waals surface area contributed by atoms with E-state index in [-0.39, 0.29) is 28.0 Å². The van der Waals surface area contributed by atoms with Crippen molar-refractivity contribution in [3.05, 3.63) is 57.9 Å². The van der Waals surface area contributed by atoms with E-state index in [1.165, 1.54) is 12.3 Å². The molecule has 1 heterocycles. The molecule has 1 fully saturated rings. The molecule has 196 valence electrons. The minimum Gasteiger partial charge on any atom is -0.370 e. The van der Waals surface area contributed by atoms with E-state index in [0.717, 1.165) is 50.6 Å². The van der Waals surface area contributed by atoms with E-state index in [1.807, 2.05) is 27.7 Å². The lowest BCUT2D eigenvalue weighted by Gasteiger charge is -2.32. The molecule has 0 aromatic heterocycles. The van der Waals surface area contributed by atoms with E-state index in [2.05, 4.69) is 9.89 Å². The van der Waals surface area contributed by atoms with Crippen LogP contribution in [-0.4, -0.2) is 50.0 Å². The highest BCUT2D eigenvalue weighted by Crippen LogP contribution is 2.34. The average Bonchev–Trinajstić information content (AvgIpc) is 2.82. The fraction of sp³-hybridized carbons (Fsp3) is 0.500. The molecule has 0 atom stereocenters. The number of nitro groups is 1. The van der Waals surface area contributed by atoms with Gasteiger partial charge >= 0.3 is 0 Å². The Bertz CT molecular complexity index is 1200. The summed E-state index contributed by atoms with van der Waals surface area (Å²) in [6.45, 7) is 10.3. The molecule has 0 radical (unpaired) electrons. The number of hydrogen-bond acceptors (Lipinski definition) is 6. The molecule has 1 aliphatic heterocycles. The summed E-state index contributed by atoms with van der Waals surface area (Å²) in [4.78, 5) is 17.0. The maximum absolute atomic E-state index is 14.2. The summed E-state index contributed by atoms with van der Waals surface area (Å²) in [5.74, 6) is -0.354. The minimum atomic E-state index is -3.85. The highest BCUT2D eigenvalue weighted by Gasteiger charge is 2.30. The second-order valence-electron chi connectivity index (χ2n) is 10.0. The normalized spacial score (nSPS) is 14.9. The van der Waals surface area contributed by atoms with Crippen molar-refractivity contribution in [1.29, 1.82) is 0 Å². The molecule has 0 spiro atoms. The zero-order valence-corrected chi connectivity index (χ0v) is 22.2. The molecule has 0 amide bonds. The van der Waals surface area contributed by atoms with Gasteiger partial charge in [0.25, 0.3) is 5.69 Å². The van der Waals surface area contributed by atoms with Crippen molar-refractivity contribution in [2.45, 2.75) is 51.9 Å². The molecule has 1 aliphatic rings. The molecular formula is C26H35FN4O4S. The summed E-state index contributed by atoms with van der Waals surface area (Å²) in [5, 5.41) is 11.1. The fourth-order valence-corrected chi connectivity index (χ4v) is 6.30. The topological polar surface area (TPSA) is 96.1 Å². The first-order valence-electron chi connectivity index (χ1n) is 12.4. The lowest BCUT2D eigenvalue weighted by Crippen LogP contribution is -2.38. The maximum Gasteiger partial charge on any atom is 0.270 e. The number of nitro benzene ring substituents is 1. The fourth-order valence-electron chi connectivity index (χ4n) is 4.30.